The lowest BCUT2D eigenvalue weighted by Gasteiger charge is -2.23. The van der Waals surface area contributed by atoms with Gasteiger partial charge < -0.3 is 37.3 Å². The van der Waals surface area contributed by atoms with Crippen molar-refractivity contribution in [3.63, 3.8) is 0 Å². The summed E-state index contributed by atoms with van der Waals surface area (Å²) in [6.45, 7) is 0.431. The number of hydrogen-bond acceptors (Lipinski definition) is 9. The molecule has 0 atom stereocenters. The van der Waals surface area contributed by atoms with Crippen LogP contribution in [-0.2, 0) is 19.7 Å². The van der Waals surface area contributed by atoms with Gasteiger partial charge in [-0.15, -0.1) is 0 Å². The Kier molecular flexibility index (Phi) is 9.32. The maximum atomic E-state index is 12.1. The van der Waals surface area contributed by atoms with Crippen LogP contribution in [-0.4, -0.2) is 65.5 Å². The van der Waals surface area contributed by atoms with Crippen LogP contribution in [0.15, 0.2) is 51.7 Å². The molecule has 39 heavy (non-hydrogen) atoms. The van der Waals surface area contributed by atoms with Crippen LogP contribution in [0.25, 0.3) is 33.0 Å². The number of aliphatic carboxylic acids is 2. The van der Waals surface area contributed by atoms with Gasteiger partial charge in [-0.2, -0.15) is 8.42 Å². The number of carbonyl (C=O) groups is 2. The summed E-state index contributed by atoms with van der Waals surface area (Å²) in [5.74, 6) is -2.43. The molecule has 14 heteroatoms. The third-order valence-electron chi connectivity index (χ3n) is 5.89. The van der Waals surface area contributed by atoms with E-state index in [1.807, 2.05) is 0 Å². The molecule has 3 aromatic carbocycles. The molecule has 0 bridgehead atoms. The van der Waals surface area contributed by atoms with Gasteiger partial charge in [0.2, 0.25) is 0 Å². The Bertz CT molecular complexity index is 1690. The minimum atomic E-state index is -4.09. The number of benzene rings is 3. The molecular weight excluding hydrogens is 554 g/mol. The molecule has 1 aromatic heterocycles. The summed E-state index contributed by atoms with van der Waals surface area (Å²) in [6, 6.07) is 11.2. The van der Waals surface area contributed by atoms with Gasteiger partial charge in [0.15, 0.2) is 16.6 Å². The van der Waals surface area contributed by atoms with E-state index < -0.39 is 27.8 Å². The Morgan fingerprint density at radius 3 is 2.28 bits per heavy atom. The molecule has 0 spiro atoms. The lowest BCUT2D eigenvalue weighted by Crippen LogP contribution is -3.00. The molecule has 0 aliphatic rings. The Balaban J connectivity index is 0.00000420. The van der Waals surface area contributed by atoms with Gasteiger partial charge in [-0.1, -0.05) is 0 Å². The van der Waals surface area contributed by atoms with Crippen molar-refractivity contribution >= 4 is 66.4 Å². The molecule has 0 amide bonds. The third-order valence-corrected chi connectivity index (χ3v) is 6.70. The zero-order valence-corrected chi connectivity index (χ0v) is 22.0. The number of rotatable bonds is 12. The molecule has 1 heterocycles. The first-order valence-corrected chi connectivity index (χ1v) is 13.3. The number of carboxylic acid groups (broad SMARTS) is 2. The van der Waals surface area contributed by atoms with Crippen LogP contribution < -0.4 is 28.1 Å². The smallest absolute Gasteiger partial charge is 0.305 e. The van der Waals surface area contributed by atoms with Crippen molar-refractivity contribution in [1.29, 1.82) is 0 Å². The number of nitrogens with zero attached hydrogens (tertiary/aromatic N) is 2. The second kappa shape index (κ2) is 12.3. The molecule has 0 aliphatic carbocycles. The zero-order valence-electron chi connectivity index (χ0n) is 20.5. The lowest BCUT2D eigenvalue weighted by atomic mass is 10.1. The van der Waals surface area contributed by atoms with Crippen molar-refractivity contribution in [2.45, 2.75) is 19.3 Å². The normalized spacial score (nSPS) is 11.4. The fraction of sp³-hybridized carbons (Fsp3) is 0.280. The van der Waals surface area contributed by atoms with E-state index in [0.29, 0.717) is 44.3 Å². The summed E-state index contributed by atoms with van der Waals surface area (Å²) >= 11 is 0. The highest BCUT2D eigenvalue weighted by atomic mass is 35.5. The standard InChI is InChI=1S/C25H25N3O9S.ClH/c29-16-3-4-17-18(13-16)25-22(14-20(17)26-8-1-11-38(34,35)36)37-21-12-15(2-5-19(21)27-25)28(9-6-23(30)31)10-7-24(32)33;/h2-5,12-14,26H,1,6-11H2,(H,30,31)(H,32,33)(H,34,35,36);1H/p-1. The van der Waals surface area contributed by atoms with Crippen LogP contribution in [0.1, 0.15) is 19.3 Å². The number of hydrogen-bond donors (Lipinski definition) is 4. The minimum absolute atomic E-state index is 0. The van der Waals surface area contributed by atoms with Gasteiger partial charge in [0.05, 0.1) is 18.6 Å². The maximum absolute atomic E-state index is 12.1. The van der Waals surface area contributed by atoms with E-state index in [2.05, 4.69) is 10.3 Å². The predicted octanol–water partition coefficient (Wildman–Crippen LogP) is -0.0560. The minimum Gasteiger partial charge on any atom is -1.00 e. The fourth-order valence-corrected chi connectivity index (χ4v) is 4.63. The molecule has 4 aromatic rings. The van der Waals surface area contributed by atoms with E-state index in [1.165, 1.54) is 12.1 Å². The monoisotopic (exact) mass is 578 g/mol. The number of halogens is 1. The van der Waals surface area contributed by atoms with Gasteiger partial charge in [-0.3, -0.25) is 18.9 Å². The Labute approximate surface area is 228 Å². The molecule has 0 unspecified atom stereocenters. The average molecular weight is 579 g/mol. The van der Waals surface area contributed by atoms with Crippen molar-refractivity contribution in [2.24, 2.45) is 0 Å². The highest BCUT2D eigenvalue weighted by Crippen LogP contribution is 2.33. The summed E-state index contributed by atoms with van der Waals surface area (Å²) in [4.78, 5) is 40.7. The zero-order chi connectivity index (χ0) is 27.4. The van der Waals surface area contributed by atoms with Gasteiger partial charge in [-0.25, -0.2) is 4.98 Å². The Hall–Kier alpha value is -3.94. The number of anilines is 2. The molecule has 0 aliphatic heterocycles. The van der Waals surface area contributed by atoms with E-state index in [0.717, 1.165) is 0 Å². The summed E-state index contributed by atoms with van der Waals surface area (Å²) in [6.07, 6.45) is -0.210. The molecule has 0 saturated carbocycles. The van der Waals surface area contributed by atoms with Crippen molar-refractivity contribution in [3.8, 4) is 0 Å². The highest BCUT2D eigenvalue weighted by Gasteiger charge is 2.15. The fourth-order valence-electron chi connectivity index (χ4n) is 4.12. The number of fused-ring (bicyclic) bond motifs is 4. The van der Waals surface area contributed by atoms with Gasteiger partial charge in [0.1, 0.15) is 11.0 Å². The first kappa shape index (κ1) is 29.6. The molecule has 4 rings (SSSR count). The molecule has 0 fully saturated rings. The van der Waals surface area contributed by atoms with Gasteiger partial charge in [0.25, 0.3) is 10.1 Å². The largest absolute Gasteiger partial charge is 1.00 e. The van der Waals surface area contributed by atoms with E-state index in [9.17, 15) is 22.8 Å². The molecule has 0 saturated heterocycles. The molecule has 0 radical (unpaired) electrons. The summed E-state index contributed by atoms with van der Waals surface area (Å²) in [5, 5.41) is 22.5. The lowest BCUT2D eigenvalue weighted by molar-refractivity contribution is -0.137. The first-order chi connectivity index (χ1) is 18.0. The second-order valence-electron chi connectivity index (χ2n) is 8.69. The first-order valence-electron chi connectivity index (χ1n) is 11.7. The average Bonchev–Trinajstić information content (AvgIpc) is 2.84. The highest BCUT2D eigenvalue weighted by molar-refractivity contribution is 7.85. The Morgan fingerprint density at radius 1 is 0.949 bits per heavy atom. The molecule has 12 nitrogen and oxygen atoms in total. The van der Waals surface area contributed by atoms with Gasteiger partial charge >= 0.3 is 11.9 Å². The molecule has 208 valence electrons. The van der Waals surface area contributed by atoms with E-state index in [4.69, 9.17) is 19.2 Å². The van der Waals surface area contributed by atoms with Crippen LogP contribution in [0.2, 0.25) is 0 Å². The molecular formula is C25H25ClN3O9S-. The third kappa shape index (κ3) is 7.56. The van der Waals surface area contributed by atoms with Gasteiger partial charge in [0, 0.05) is 53.9 Å². The quantitative estimate of drug-likeness (QED) is 0.0760. The van der Waals surface area contributed by atoms with Crippen LogP contribution in [0.5, 0.6) is 0 Å². The van der Waals surface area contributed by atoms with Crippen LogP contribution >= 0.6 is 0 Å². The SMILES string of the molecule is O=C(O)CCN(CCC(=O)O)c1ccc2nc3c(cc(NCCCS(=O)(=O)O)c4ccc(=O)cc43)oc2c1.[Cl-]. The summed E-state index contributed by atoms with van der Waals surface area (Å²) in [5.41, 5.74) is 2.53. The number of nitrogens with one attached hydrogen (secondary N) is 1. The van der Waals surface area contributed by atoms with Crippen LogP contribution in [0.4, 0.5) is 11.4 Å². The van der Waals surface area contributed by atoms with Crippen molar-refractivity contribution in [3.05, 3.63) is 52.7 Å². The van der Waals surface area contributed by atoms with E-state index in [-0.39, 0.29) is 56.7 Å². The summed E-state index contributed by atoms with van der Waals surface area (Å²) in [7, 11) is -4.09. The molecule has 4 N–H and O–H groups in total. The van der Waals surface area contributed by atoms with E-state index >= 15 is 0 Å². The van der Waals surface area contributed by atoms with Crippen molar-refractivity contribution in [2.75, 3.05) is 35.6 Å². The van der Waals surface area contributed by atoms with Crippen molar-refractivity contribution in [1.82, 2.24) is 4.98 Å². The van der Waals surface area contributed by atoms with Crippen molar-refractivity contribution < 1.29 is 49.6 Å². The second-order valence-corrected chi connectivity index (χ2v) is 10.3. The van der Waals surface area contributed by atoms with Crippen LogP contribution in [0.3, 0.4) is 0 Å². The number of aromatic nitrogens is 1. The number of carboxylic acids is 2. The van der Waals surface area contributed by atoms with Gasteiger partial charge in [-0.05, 0) is 36.8 Å². The Morgan fingerprint density at radius 2 is 1.64 bits per heavy atom. The van der Waals surface area contributed by atoms with Crippen LogP contribution in [0, 0.1) is 0 Å². The topological polar surface area (TPSA) is 187 Å². The maximum Gasteiger partial charge on any atom is 0.305 e. The summed E-state index contributed by atoms with van der Waals surface area (Å²) < 4.78 is 37.2. The predicted molar refractivity (Wildman–Crippen MR) is 142 cm³/mol. The van der Waals surface area contributed by atoms with E-state index in [1.54, 1.807) is 35.2 Å².